The van der Waals surface area contributed by atoms with Gasteiger partial charge in [0.25, 0.3) is 0 Å². The van der Waals surface area contributed by atoms with Gasteiger partial charge in [0, 0.05) is 12.1 Å². The van der Waals surface area contributed by atoms with E-state index in [4.69, 9.17) is 4.74 Å². The number of nitrogens with one attached hydrogen (secondary N) is 1. The Morgan fingerprint density at radius 1 is 1.50 bits per heavy atom. The zero-order chi connectivity index (χ0) is 13.1. The Balaban J connectivity index is 1.91. The molecule has 0 bridgehead atoms. The molecule has 1 fully saturated rings. The summed E-state index contributed by atoms with van der Waals surface area (Å²) < 4.78 is 5.03. The number of ether oxygens (including phenoxy) is 1. The van der Waals surface area contributed by atoms with Gasteiger partial charge in [0.1, 0.15) is 0 Å². The van der Waals surface area contributed by atoms with E-state index < -0.39 is 0 Å². The molecular weight excluding hydrogens is 230 g/mol. The first-order valence-electron chi connectivity index (χ1n) is 6.11. The number of esters is 1. The molecule has 0 spiro atoms. The minimum atomic E-state index is -0.301. The van der Waals surface area contributed by atoms with Crippen molar-refractivity contribution in [2.75, 3.05) is 5.32 Å². The van der Waals surface area contributed by atoms with Crippen molar-refractivity contribution in [3.63, 3.8) is 0 Å². The van der Waals surface area contributed by atoms with E-state index in [1.807, 2.05) is 38.1 Å². The fourth-order valence-electron chi connectivity index (χ4n) is 2.16. The Bertz CT molecular complexity index is 470. The molecule has 1 amide bonds. The highest BCUT2D eigenvalue weighted by Gasteiger charge is 2.33. The van der Waals surface area contributed by atoms with Gasteiger partial charge in [0.15, 0.2) is 0 Å². The highest BCUT2D eigenvalue weighted by atomic mass is 16.5. The molecule has 0 aliphatic carbocycles. The van der Waals surface area contributed by atoms with Crippen molar-refractivity contribution in [3.8, 4) is 0 Å². The maximum absolute atomic E-state index is 11.8. The van der Waals surface area contributed by atoms with Gasteiger partial charge in [0.05, 0.1) is 12.0 Å². The van der Waals surface area contributed by atoms with Gasteiger partial charge < -0.3 is 10.1 Å². The quantitative estimate of drug-likeness (QED) is 0.834. The van der Waals surface area contributed by atoms with E-state index in [9.17, 15) is 9.59 Å². The summed E-state index contributed by atoms with van der Waals surface area (Å²) in [6.45, 7) is 3.81. The third kappa shape index (κ3) is 3.09. The molecule has 1 N–H and O–H groups in total. The van der Waals surface area contributed by atoms with Crippen molar-refractivity contribution in [1.29, 1.82) is 0 Å². The van der Waals surface area contributed by atoms with Crippen molar-refractivity contribution in [2.24, 2.45) is 5.92 Å². The molecule has 1 aromatic carbocycles. The first-order valence-corrected chi connectivity index (χ1v) is 6.11. The zero-order valence-electron chi connectivity index (χ0n) is 10.6. The fraction of sp³-hybridized carbons (Fsp3) is 0.429. The Kier molecular flexibility index (Phi) is 3.65. The molecule has 2 rings (SSSR count). The van der Waals surface area contributed by atoms with Crippen LogP contribution in [0.5, 0.6) is 0 Å². The van der Waals surface area contributed by atoms with E-state index >= 15 is 0 Å². The van der Waals surface area contributed by atoms with Crippen LogP contribution in [0, 0.1) is 12.8 Å². The van der Waals surface area contributed by atoms with Crippen LogP contribution >= 0.6 is 0 Å². The summed E-state index contributed by atoms with van der Waals surface area (Å²) in [6, 6.07) is 7.58. The van der Waals surface area contributed by atoms with E-state index in [0.717, 1.165) is 11.3 Å². The number of carbonyl (C=O) groups excluding carboxylic acids is 2. The van der Waals surface area contributed by atoms with Crippen LogP contribution in [-0.2, 0) is 14.3 Å². The molecule has 1 aliphatic rings. The lowest BCUT2D eigenvalue weighted by molar-refractivity contribution is -0.144. The average Bonchev–Trinajstić information content (AvgIpc) is 2.57. The molecule has 4 nitrogen and oxygen atoms in total. The van der Waals surface area contributed by atoms with Gasteiger partial charge in [-0.15, -0.1) is 0 Å². The third-order valence-electron chi connectivity index (χ3n) is 3.00. The van der Waals surface area contributed by atoms with Crippen molar-refractivity contribution >= 4 is 17.6 Å². The predicted molar refractivity (Wildman–Crippen MR) is 68.1 cm³/mol. The second-order valence-electron chi connectivity index (χ2n) is 4.80. The molecule has 18 heavy (non-hydrogen) atoms. The van der Waals surface area contributed by atoms with E-state index in [-0.39, 0.29) is 30.3 Å². The van der Waals surface area contributed by atoms with Crippen LogP contribution in [0.15, 0.2) is 24.3 Å². The van der Waals surface area contributed by atoms with Crippen molar-refractivity contribution < 1.29 is 14.3 Å². The molecule has 96 valence electrons. The average molecular weight is 247 g/mol. The smallest absolute Gasteiger partial charge is 0.309 e. The number of carbonyl (C=O) groups is 2. The number of hydrogen-bond donors (Lipinski definition) is 1. The largest absolute Gasteiger partial charge is 0.462 e. The minimum absolute atomic E-state index is 0.0748. The number of cyclic esters (lactones) is 1. The van der Waals surface area contributed by atoms with Gasteiger partial charge in [-0.1, -0.05) is 12.1 Å². The highest BCUT2D eigenvalue weighted by molar-refractivity contribution is 5.93. The van der Waals surface area contributed by atoms with E-state index in [0.29, 0.717) is 6.42 Å². The topological polar surface area (TPSA) is 55.4 Å². The van der Waals surface area contributed by atoms with Crippen LogP contribution in [0.4, 0.5) is 5.69 Å². The standard InChI is InChI=1S/C14H17NO3/c1-9-4-3-5-12(6-9)15-13(16)8-11-7-10(2)18-14(11)17/h3-6,10-11H,7-8H2,1-2H3,(H,15,16)/t10-,11-/m1/s1. The lowest BCUT2D eigenvalue weighted by atomic mass is 10.0. The van der Waals surface area contributed by atoms with Crippen LogP contribution in [0.1, 0.15) is 25.3 Å². The van der Waals surface area contributed by atoms with Gasteiger partial charge in [-0.25, -0.2) is 0 Å². The van der Waals surface area contributed by atoms with Crippen LogP contribution in [0.2, 0.25) is 0 Å². The van der Waals surface area contributed by atoms with Crippen molar-refractivity contribution in [2.45, 2.75) is 32.8 Å². The van der Waals surface area contributed by atoms with E-state index in [2.05, 4.69) is 5.32 Å². The Morgan fingerprint density at radius 2 is 2.28 bits per heavy atom. The number of hydrogen-bond acceptors (Lipinski definition) is 3. The monoisotopic (exact) mass is 247 g/mol. The molecule has 1 aromatic rings. The number of aryl methyl sites for hydroxylation is 1. The molecule has 1 saturated heterocycles. The number of benzene rings is 1. The molecular formula is C14H17NO3. The van der Waals surface area contributed by atoms with Crippen LogP contribution < -0.4 is 5.32 Å². The number of anilines is 1. The molecule has 2 atom stereocenters. The third-order valence-corrected chi connectivity index (χ3v) is 3.00. The lowest BCUT2D eigenvalue weighted by Gasteiger charge is -2.07. The van der Waals surface area contributed by atoms with E-state index in [1.165, 1.54) is 0 Å². The lowest BCUT2D eigenvalue weighted by Crippen LogP contribution is -2.19. The highest BCUT2D eigenvalue weighted by Crippen LogP contribution is 2.24. The molecule has 0 aromatic heterocycles. The predicted octanol–water partition coefficient (Wildman–Crippen LogP) is 2.28. The minimum Gasteiger partial charge on any atom is -0.462 e. The summed E-state index contributed by atoms with van der Waals surface area (Å²) in [5.74, 6) is -0.705. The zero-order valence-corrected chi connectivity index (χ0v) is 10.6. The van der Waals surface area contributed by atoms with Crippen LogP contribution in [0.25, 0.3) is 0 Å². The Morgan fingerprint density at radius 3 is 2.89 bits per heavy atom. The molecule has 1 aliphatic heterocycles. The summed E-state index contributed by atoms with van der Waals surface area (Å²) in [5.41, 5.74) is 1.85. The maximum atomic E-state index is 11.8. The van der Waals surface area contributed by atoms with Gasteiger partial charge in [-0.2, -0.15) is 0 Å². The SMILES string of the molecule is Cc1cccc(NC(=O)C[C@H]2C[C@@H](C)OC2=O)c1. The number of amides is 1. The van der Waals surface area contributed by atoms with Gasteiger partial charge >= 0.3 is 5.97 Å². The molecule has 4 heteroatoms. The first kappa shape index (κ1) is 12.6. The second-order valence-corrected chi connectivity index (χ2v) is 4.80. The summed E-state index contributed by atoms with van der Waals surface area (Å²) in [7, 11) is 0. The van der Waals surface area contributed by atoms with E-state index in [1.54, 1.807) is 0 Å². The first-order chi connectivity index (χ1) is 8.54. The normalized spacial score (nSPS) is 22.7. The van der Waals surface area contributed by atoms with Gasteiger partial charge in [0.2, 0.25) is 5.91 Å². The molecule has 0 unspecified atom stereocenters. The Labute approximate surface area is 106 Å². The fourth-order valence-corrected chi connectivity index (χ4v) is 2.16. The summed E-state index contributed by atoms with van der Waals surface area (Å²) in [4.78, 5) is 23.2. The Hall–Kier alpha value is -1.84. The summed E-state index contributed by atoms with van der Waals surface area (Å²) >= 11 is 0. The molecule has 0 saturated carbocycles. The van der Waals surface area contributed by atoms with Crippen LogP contribution in [-0.4, -0.2) is 18.0 Å². The van der Waals surface area contributed by atoms with Crippen molar-refractivity contribution in [3.05, 3.63) is 29.8 Å². The van der Waals surface area contributed by atoms with Gasteiger partial charge in [-0.05, 0) is 38.0 Å². The molecule has 0 radical (unpaired) electrons. The molecule has 1 heterocycles. The van der Waals surface area contributed by atoms with Crippen LogP contribution in [0.3, 0.4) is 0 Å². The summed E-state index contributed by atoms with van der Waals surface area (Å²) in [6.07, 6.45) is 0.742. The summed E-state index contributed by atoms with van der Waals surface area (Å²) in [5, 5.41) is 2.80. The second kappa shape index (κ2) is 5.21. The maximum Gasteiger partial charge on any atom is 0.309 e. The van der Waals surface area contributed by atoms with Crippen molar-refractivity contribution in [1.82, 2.24) is 0 Å². The van der Waals surface area contributed by atoms with Gasteiger partial charge in [-0.3, -0.25) is 9.59 Å². The number of rotatable bonds is 3.